The van der Waals surface area contributed by atoms with Crippen molar-refractivity contribution in [3.63, 3.8) is 0 Å². The predicted molar refractivity (Wildman–Crippen MR) is 93.6 cm³/mol. The van der Waals surface area contributed by atoms with Gasteiger partial charge in [0.2, 0.25) is 0 Å². The maximum absolute atomic E-state index is 11.5. The van der Waals surface area contributed by atoms with Crippen LogP contribution in [-0.4, -0.2) is 37.9 Å². The molecule has 24 heavy (non-hydrogen) atoms. The molecule has 0 radical (unpaired) electrons. The van der Waals surface area contributed by atoms with Gasteiger partial charge in [-0.25, -0.2) is 19.4 Å². The molecule has 0 aliphatic rings. The molecular formula is C16H20ClN5O2. The Bertz CT molecular complexity index is 740. The molecule has 2 rings (SSSR count). The zero-order valence-corrected chi connectivity index (χ0v) is 14.8. The lowest BCUT2D eigenvalue weighted by Crippen LogP contribution is -2.11. The van der Waals surface area contributed by atoms with Crippen LogP contribution in [0.4, 0.5) is 5.82 Å². The second kappa shape index (κ2) is 7.92. The maximum Gasteiger partial charge on any atom is 0.332 e. The Balaban J connectivity index is 2.17. The van der Waals surface area contributed by atoms with Crippen molar-refractivity contribution < 1.29 is 9.53 Å². The highest BCUT2D eigenvalue weighted by atomic mass is 35.5. The molecule has 0 atom stereocenters. The summed E-state index contributed by atoms with van der Waals surface area (Å²) in [7, 11) is 0. The molecule has 0 amide bonds. The fraction of sp³-hybridized carbons (Fsp3) is 0.375. The van der Waals surface area contributed by atoms with Crippen LogP contribution in [0.2, 0.25) is 5.15 Å². The van der Waals surface area contributed by atoms with E-state index in [4.69, 9.17) is 16.3 Å². The number of carbonyl (C=O) groups excluding carboxylic acids is 1. The lowest BCUT2D eigenvalue weighted by atomic mass is 10.2. The summed E-state index contributed by atoms with van der Waals surface area (Å²) in [4.78, 5) is 19.9. The van der Waals surface area contributed by atoms with Crippen LogP contribution in [0.15, 0.2) is 24.5 Å². The SMILES string of the molecule is CC(C)Nc1cc(-c2ncn(/C=C/C(=O)OC(C)C)n2)cc(Cl)n1. The number of pyridine rings is 1. The summed E-state index contributed by atoms with van der Waals surface area (Å²) in [6.45, 7) is 7.59. The number of anilines is 1. The fourth-order valence-corrected chi connectivity index (χ4v) is 2.09. The number of carbonyl (C=O) groups is 1. The molecule has 0 unspecified atom stereocenters. The molecule has 2 heterocycles. The molecule has 7 nitrogen and oxygen atoms in total. The molecule has 2 aromatic heterocycles. The van der Waals surface area contributed by atoms with E-state index in [1.807, 2.05) is 19.9 Å². The third-order valence-electron chi connectivity index (χ3n) is 2.71. The molecule has 128 valence electrons. The molecule has 0 aliphatic heterocycles. The van der Waals surface area contributed by atoms with Gasteiger partial charge in [-0.1, -0.05) is 11.6 Å². The van der Waals surface area contributed by atoms with Crippen molar-refractivity contribution in [3.8, 4) is 11.4 Å². The topological polar surface area (TPSA) is 81.9 Å². The Kier molecular flexibility index (Phi) is 5.92. The average Bonchev–Trinajstić information content (AvgIpc) is 2.92. The van der Waals surface area contributed by atoms with Crippen LogP contribution in [0.3, 0.4) is 0 Å². The third-order valence-corrected chi connectivity index (χ3v) is 2.91. The first-order valence-corrected chi connectivity index (χ1v) is 7.95. The Morgan fingerprint density at radius 2 is 2.08 bits per heavy atom. The number of rotatable bonds is 6. The van der Waals surface area contributed by atoms with E-state index in [1.165, 1.54) is 23.3 Å². The quantitative estimate of drug-likeness (QED) is 0.490. The van der Waals surface area contributed by atoms with Gasteiger partial charge >= 0.3 is 5.97 Å². The van der Waals surface area contributed by atoms with Gasteiger partial charge in [-0.15, -0.1) is 5.10 Å². The molecule has 1 N–H and O–H groups in total. The molecule has 2 aromatic rings. The lowest BCUT2D eigenvalue weighted by molar-refractivity contribution is -0.141. The first-order chi connectivity index (χ1) is 11.3. The summed E-state index contributed by atoms with van der Waals surface area (Å²) in [5.41, 5.74) is 0.732. The van der Waals surface area contributed by atoms with Crippen molar-refractivity contribution in [2.75, 3.05) is 5.32 Å². The van der Waals surface area contributed by atoms with E-state index in [-0.39, 0.29) is 12.1 Å². The highest BCUT2D eigenvalue weighted by Gasteiger charge is 2.09. The van der Waals surface area contributed by atoms with Gasteiger partial charge in [0.15, 0.2) is 5.82 Å². The summed E-state index contributed by atoms with van der Waals surface area (Å²) in [6, 6.07) is 3.73. The zero-order valence-electron chi connectivity index (χ0n) is 14.0. The van der Waals surface area contributed by atoms with Gasteiger partial charge in [-0.05, 0) is 39.8 Å². The van der Waals surface area contributed by atoms with Crippen molar-refractivity contribution in [2.24, 2.45) is 0 Å². The lowest BCUT2D eigenvalue weighted by Gasteiger charge is -2.09. The summed E-state index contributed by atoms with van der Waals surface area (Å²) >= 11 is 6.05. The zero-order chi connectivity index (χ0) is 17.7. The van der Waals surface area contributed by atoms with E-state index in [9.17, 15) is 4.79 Å². The molecule has 0 aromatic carbocycles. The minimum Gasteiger partial charge on any atom is -0.460 e. The second-order valence-corrected chi connectivity index (χ2v) is 6.10. The van der Waals surface area contributed by atoms with E-state index >= 15 is 0 Å². The largest absolute Gasteiger partial charge is 0.460 e. The minimum absolute atomic E-state index is 0.167. The molecule has 0 fully saturated rings. The smallest absolute Gasteiger partial charge is 0.332 e. The Morgan fingerprint density at radius 3 is 2.75 bits per heavy atom. The highest BCUT2D eigenvalue weighted by Crippen LogP contribution is 2.22. The molecule has 8 heteroatoms. The number of ether oxygens (including phenoxy) is 1. The number of hydrogen-bond acceptors (Lipinski definition) is 6. The van der Waals surface area contributed by atoms with E-state index in [2.05, 4.69) is 20.4 Å². The van der Waals surface area contributed by atoms with E-state index in [0.29, 0.717) is 16.8 Å². The van der Waals surface area contributed by atoms with Gasteiger partial charge in [-0.3, -0.25) is 0 Å². The molecule has 0 saturated carbocycles. The van der Waals surface area contributed by atoms with E-state index in [0.717, 1.165) is 5.56 Å². The van der Waals surface area contributed by atoms with E-state index < -0.39 is 5.97 Å². The van der Waals surface area contributed by atoms with Crippen molar-refractivity contribution in [3.05, 3.63) is 29.7 Å². The predicted octanol–water partition coefficient (Wildman–Crippen LogP) is 3.24. The van der Waals surface area contributed by atoms with Crippen LogP contribution in [0.1, 0.15) is 27.7 Å². The van der Waals surface area contributed by atoms with Crippen LogP contribution < -0.4 is 5.32 Å². The molecule has 0 spiro atoms. The van der Waals surface area contributed by atoms with Crippen molar-refractivity contribution >= 4 is 29.6 Å². The van der Waals surface area contributed by atoms with Crippen molar-refractivity contribution in [2.45, 2.75) is 39.8 Å². The first-order valence-electron chi connectivity index (χ1n) is 7.58. The molecule has 0 saturated heterocycles. The van der Waals surface area contributed by atoms with Gasteiger partial charge in [0, 0.05) is 23.9 Å². The highest BCUT2D eigenvalue weighted by molar-refractivity contribution is 6.29. The normalized spacial score (nSPS) is 11.5. The number of nitrogens with zero attached hydrogens (tertiary/aromatic N) is 4. The standard InChI is InChI=1S/C16H20ClN5O2/c1-10(2)19-14-8-12(7-13(17)20-14)16-18-9-22(21-16)6-5-15(23)24-11(3)4/h5-11H,1-4H3,(H,19,20)/b6-5+. The summed E-state index contributed by atoms with van der Waals surface area (Å²) in [6.07, 6.45) is 4.11. The van der Waals surface area contributed by atoms with E-state index in [1.54, 1.807) is 19.9 Å². The Morgan fingerprint density at radius 1 is 1.33 bits per heavy atom. The minimum atomic E-state index is -0.433. The number of esters is 1. The number of halogens is 1. The molecule has 0 aliphatic carbocycles. The monoisotopic (exact) mass is 349 g/mol. The van der Waals surface area contributed by atoms with Crippen molar-refractivity contribution in [1.82, 2.24) is 19.7 Å². The number of hydrogen-bond donors (Lipinski definition) is 1. The Hall–Kier alpha value is -2.41. The van der Waals surface area contributed by atoms with Crippen LogP contribution in [0.5, 0.6) is 0 Å². The first kappa shape index (κ1) is 17.9. The van der Waals surface area contributed by atoms with Crippen LogP contribution in [0.25, 0.3) is 17.6 Å². The fourth-order valence-electron chi connectivity index (χ4n) is 1.88. The van der Waals surface area contributed by atoms with Gasteiger partial charge in [0.05, 0.1) is 6.10 Å². The van der Waals surface area contributed by atoms with Crippen molar-refractivity contribution in [1.29, 1.82) is 0 Å². The van der Waals surface area contributed by atoms with Crippen LogP contribution in [-0.2, 0) is 9.53 Å². The van der Waals surface area contributed by atoms with Gasteiger partial charge in [-0.2, -0.15) is 0 Å². The summed E-state index contributed by atoms with van der Waals surface area (Å²) < 4.78 is 6.44. The summed E-state index contributed by atoms with van der Waals surface area (Å²) in [5.74, 6) is 0.699. The average molecular weight is 350 g/mol. The maximum atomic E-state index is 11.5. The number of nitrogens with one attached hydrogen (secondary N) is 1. The third kappa shape index (κ3) is 5.34. The molecule has 0 bridgehead atoms. The van der Waals surface area contributed by atoms with Gasteiger partial charge in [0.25, 0.3) is 0 Å². The number of aromatic nitrogens is 4. The second-order valence-electron chi connectivity index (χ2n) is 5.71. The van der Waals surface area contributed by atoms with Crippen LogP contribution >= 0.6 is 11.6 Å². The summed E-state index contributed by atoms with van der Waals surface area (Å²) in [5, 5.41) is 7.83. The molecular weight excluding hydrogens is 330 g/mol. The Labute approximate surface area is 145 Å². The van der Waals surface area contributed by atoms with Crippen LogP contribution in [0, 0.1) is 0 Å². The van der Waals surface area contributed by atoms with Gasteiger partial charge in [0.1, 0.15) is 17.3 Å². The van der Waals surface area contributed by atoms with Gasteiger partial charge < -0.3 is 10.1 Å².